The molecule has 1 fully saturated rings. The molecule has 1 aliphatic heterocycles. The van der Waals surface area contributed by atoms with E-state index in [9.17, 15) is 18.0 Å². The van der Waals surface area contributed by atoms with Crippen LogP contribution in [0.15, 0.2) is 78.1 Å². The van der Waals surface area contributed by atoms with Crippen LogP contribution in [0, 0.1) is 0 Å². The van der Waals surface area contributed by atoms with E-state index in [0.29, 0.717) is 22.8 Å². The van der Waals surface area contributed by atoms with E-state index < -0.39 is 10.0 Å². The number of rotatable bonds is 5. The van der Waals surface area contributed by atoms with Crippen molar-refractivity contribution in [3.8, 4) is 11.3 Å². The van der Waals surface area contributed by atoms with E-state index in [1.807, 2.05) is 18.5 Å². The summed E-state index contributed by atoms with van der Waals surface area (Å²) in [6, 6.07) is 14.3. The lowest BCUT2D eigenvalue weighted by Crippen LogP contribution is -2.28. The number of benzene rings is 2. The molecule has 4 aromatic rings. The van der Waals surface area contributed by atoms with E-state index in [0.717, 1.165) is 10.5 Å². The number of anilines is 2. The second-order valence-corrected chi connectivity index (χ2v) is 8.94. The molecule has 3 heterocycles. The van der Waals surface area contributed by atoms with Crippen LogP contribution in [0.3, 0.4) is 0 Å². The Bertz CT molecular complexity index is 1410. The quantitative estimate of drug-likeness (QED) is 0.471. The van der Waals surface area contributed by atoms with Crippen LogP contribution in [0.1, 0.15) is 12.8 Å². The zero-order chi connectivity index (χ0) is 22.3. The largest absolute Gasteiger partial charge is 0.291 e. The van der Waals surface area contributed by atoms with Crippen molar-refractivity contribution in [2.45, 2.75) is 17.7 Å². The van der Waals surface area contributed by atoms with Crippen molar-refractivity contribution in [3.63, 3.8) is 0 Å². The third-order valence-electron chi connectivity index (χ3n) is 5.10. The molecule has 0 radical (unpaired) electrons. The van der Waals surface area contributed by atoms with Crippen molar-refractivity contribution in [1.29, 1.82) is 0 Å². The molecule has 2 aromatic heterocycles. The summed E-state index contributed by atoms with van der Waals surface area (Å²) in [5, 5.41) is 0. The lowest BCUT2D eigenvalue weighted by Gasteiger charge is -2.14. The molecule has 10 heteroatoms. The molecule has 0 spiro atoms. The normalized spacial score (nSPS) is 14.3. The third-order valence-corrected chi connectivity index (χ3v) is 6.50. The second-order valence-electron chi connectivity index (χ2n) is 7.26. The summed E-state index contributed by atoms with van der Waals surface area (Å²) in [6.07, 6.45) is 5.63. The van der Waals surface area contributed by atoms with E-state index in [4.69, 9.17) is 0 Å². The summed E-state index contributed by atoms with van der Waals surface area (Å²) in [7, 11) is -3.88. The molecule has 1 saturated heterocycles. The maximum Gasteiger partial charge on any atom is 0.261 e. The lowest BCUT2D eigenvalue weighted by molar-refractivity contribution is -0.121. The number of amides is 2. The van der Waals surface area contributed by atoms with Gasteiger partial charge in [-0.1, -0.05) is 12.1 Å². The summed E-state index contributed by atoms with van der Waals surface area (Å²) in [5.74, 6) is -0.0334. The highest BCUT2D eigenvalue weighted by molar-refractivity contribution is 7.92. The van der Waals surface area contributed by atoms with Gasteiger partial charge in [-0.05, 0) is 42.5 Å². The summed E-state index contributed by atoms with van der Waals surface area (Å²) >= 11 is 0. The molecule has 2 amide bonds. The number of imide groups is 1. The van der Waals surface area contributed by atoms with Crippen LogP contribution in [0.25, 0.3) is 17.0 Å². The van der Waals surface area contributed by atoms with E-state index in [-0.39, 0.29) is 29.6 Å². The van der Waals surface area contributed by atoms with Crippen molar-refractivity contribution in [2.75, 3.05) is 9.62 Å². The molecule has 9 nitrogen and oxygen atoms in total. The van der Waals surface area contributed by atoms with Gasteiger partial charge < -0.3 is 0 Å². The molecule has 0 bridgehead atoms. The van der Waals surface area contributed by atoms with Crippen LogP contribution in [-0.2, 0) is 19.6 Å². The van der Waals surface area contributed by atoms with Crippen LogP contribution >= 0.6 is 0 Å². The summed E-state index contributed by atoms with van der Waals surface area (Å²) in [6.45, 7) is 0. The van der Waals surface area contributed by atoms with E-state index in [2.05, 4.69) is 14.7 Å². The molecule has 160 valence electrons. The number of carbonyl (C=O) groups excluding carboxylic acids is 2. The molecule has 1 N–H and O–H groups in total. The average Bonchev–Trinajstić information content (AvgIpc) is 3.37. The lowest BCUT2D eigenvalue weighted by atomic mass is 10.1. The Morgan fingerprint density at radius 2 is 1.69 bits per heavy atom. The zero-order valence-corrected chi connectivity index (χ0v) is 17.5. The van der Waals surface area contributed by atoms with Gasteiger partial charge in [0.15, 0.2) is 0 Å². The third kappa shape index (κ3) is 3.60. The summed E-state index contributed by atoms with van der Waals surface area (Å²) in [4.78, 5) is 33.5. The molecule has 5 rings (SSSR count). The zero-order valence-electron chi connectivity index (χ0n) is 16.7. The number of carbonyl (C=O) groups is 2. The van der Waals surface area contributed by atoms with Crippen LogP contribution < -0.4 is 9.62 Å². The molecule has 0 unspecified atom stereocenters. The Hall–Kier alpha value is -4.05. The number of aromatic nitrogens is 3. The minimum absolute atomic E-state index is 0.0164. The van der Waals surface area contributed by atoms with Gasteiger partial charge in [0.05, 0.1) is 16.3 Å². The molecule has 0 saturated carbocycles. The topological polar surface area (TPSA) is 114 Å². The van der Waals surface area contributed by atoms with E-state index in [1.165, 1.54) is 24.3 Å². The van der Waals surface area contributed by atoms with Gasteiger partial charge in [-0.3, -0.25) is 23.6 Å². The fourth-order valence-electron chi connectivity index (χ4n) is 3.56. The van der Waals surface area contributed by atoms with Crippen LogP contribution in [0.5, 0.6) is 0 Å². The Labute approximate surface area is 183 Å². The maximum absolute atomic E-state index is 12.9. The van der Waals surface area contributed by atoms with Crippen molar-refractivity contribution in [1.82, 2.24) is 14.4 Å². The van der Waals surface area contributed by atoms with Gasteiger partial charge in [0, 0.05) is 42.7 Å². The molecular weight excluding hydrogens is 430 g/mol. The van der Waals surface area contributed by atoms with Crippen LogP contribution in [-0.4, -0.2) is 34.6 Å². The highest BCUT2D eigenvalue weighted by Gasteiger charge is 2.30. The average molecular weight is 447 g/mol. The van der Waals surface area contributed by atoms with E-state index in [1.54, 1.807) is 34.9 Å². The monoisotopic (exact) mass is 447 g/mol. The fourth-order valence-corrected chi connectivity index (χ4v) is 4.61. The van der Waals surface area contributed by atoms with Gasteiger partial charge >= 0.3 is 0 Å². The molecular formula is C22H17N5O4S. The number of fused-ring (bicyclic) bond motifs is 1. The first-order chi connectivity index (χ1) is 15.4. The fraction of sp³-hybridized carbons (Fsp3) is 0.0909. The molecule has 32 heavy (non-hydrogen) atoms. The second kappa shape index (κ2) is 7.57. The number of nitrogens with one attached hydrogen (secondary N) is 1. The standard InChI is InChI=1S/C22H17N5O4S/c28-20-9-10-21(29)27(20)17-5-7-18(8-6-17)32(30,31)25-16-4-1-3-15(13-16)19-14-26-12-2-11-23-22(26)24-19/h1-8,11-14,25H,9-10H2. The van der Waals surface area contributed by atoms with Crippen molar-refractivity contribution < 1.29 is 18.0 Å². The predicted octanol–water partition coefficient (Wildman–Crippen LogP) is 2.85. The Morgan fingerprint density at radius 1 is 0.938 bits per heavy atom. The smallest absolute Gasteiger partial charge is 0.261 e. The van der Waals surface area contributed by atoms with Gasteiger partial charge in [-0.2, -0.15) is 0 Å². The van der Waals surface area contributed by atoms with E-state index >= 15 is 0 Å². The summed E-state index contributed by atoms with van der Waals surface area (Å²) < 4.78 is 30.1. The number of nitrogens with zero attached hydrogens (tertiary/aromatic N) is 4. The highest BCUT2D eigenvalue weighted by atomic mass is 32.2. The number of sulfonamides is 1. The maximum atomic E-state index is 12.9. The van der Waals surface area contributed by atoms with Crippen molar-refractivity contribution in [3.05, 3.63) is 73.2 Å². The molecule has 2 aromatic carbocycles. The Morgan fingerprint density at radius 3 is 2.41 bits per heavy atom. The number of hydrogen-bond donors (Lipinski definition) is 1. The first-order valence-corrected chi connectivity index (χ1v) is 11.3. The minimum atomic E-state index is -3.88. The highest BCUT2D eigenvalue weighted by Crippen LogP contribution is 2.26. The molecule has 1 aliphatic rings. The minimum Gasteiger partial charge on any atom is -0.291 e. The Balaban J connectivity index is 1.39. The van der Waals surface area contributed by atoms with Gasteiger partial charge in [-0.15, -0.1) is 0 Å². The SMILES string of the molecule is O=C1CCC(=O)N1c1ccc(S(=O)(=O)Nc2cccc(-c3cn4cccnc4n3)c2)cc1. The summed E-state index contributed by atoms with van der Waals surface area (Å²) in [5.41, 5.74) is 2.13. The van der Waals surface area contributed by atoms with Crippen LogP contribution in [0.2, 0.25) is 0 Å². The predicted molar refractivity (Wildman–Crippen MR) is 117 cm³/mol. The van der Waals surface area contributed by atoms with Gasteiger partial charge in [0.2, 0.25) is 17.6 Å². The first kappa shape index (κ1) is 19.9. The van der Waals surface area contributed by atoms with Crippen molar-refractivity contribution >= 4 is 39.0 Å². The molecule has 0 aliphatic carbocycles. The van der Waals surface area contributed by atoms with Crippen molar-refractivity contribution in [2.24, 2.45) is 0 Å². The van der Waals surface area contributed by atoms with Gasteiger partial charge in [-0.25, -0.2) is 18.4 Å². The number of hydrogen-bond acceptors (Lipinski definition) is 6. The first-order valence-electron chi connectivity index (χ1n) is 9.79. The van der Waals surface area contributed by atoms with Gasteiger partial charge in [0.1, 0.15) is 0 Å². The molecule has 0 atom stereocenters. The number of imidazole rings is 1. The van der Waals surface area contributed by atoms with Gasteiger partial charge in [0.25, 0.3) is 10.0 Å². The Kier molecular flexibility index (Phi) is 4.71. The van der Waals surface area contributed by atoms with Crippen LogP contribution in [0.4, 0.5) is 11.4 Å².